The summed E-state index contributed by atoms with van der Waals surface area (Å²) in [6.07, 6.45) is 1.40. The molecule has 1 rings (SSSR count). The van der Waals surface area contributed by atoms with E-state index < -0.39 is 66.2 Å². The molecule has 0 bridgehead atoms. The maximum Gasteiger partial charge on any atom is 0.326 e. The molecule has 0 radical (unpaired) electrons. The molecular formula is C18H27N7O8S. The highest BCUT2D eigenvalue weighted by Crippen LogP contribution is 2.03. The van der Waals surface area contributed by atoms with Crippen LogP contribution in [0.1, 0.15) is 25.0 Å². The molecule has 34 heavy (non-hydrogen) atoms. The number of carboxylic acids is 2. The van der Waals surface area contributed by atoms with Gasteiger partial charge in [0, 0.05) is 30.5 Å². The molecule has 1 heterocycles. The molecule has 4 unspecified atom stereocenters. The third-order valence-corrected chi connectivity index (χ3v) is 4.82. The van der Waals surface area contributed by atoms with Gasteiger partial charge in [0.25, 0.3) is 0 Å². The number of nitrogens with two attached hydrogens (primary N) is 2. The third-order valence-electron chi connectivity index (χ3n) is 4.45. The number of carbonyl (C=O) groups excluding carboxylic acids is 4. The number of aliphatic carboxylic acids is 2. The molecule has 1 aromatic heterocycles. The van der Waals surface area contributed by atoms with Gasteiger partial charge in [-0.2, -0.15) is 12.6 Å². The lowest BCUT2D eigenvalue weighted by Gasteiger charge is -2.23. The number of primary amides is 1. The Hall–Kier alpha value is -3.66. The smallest absolute Gasteiger partial charge is 0.326 e. The van der Waals surface area contributed by atoms with Crippen LogP contribution < -0.4 is 27.4 Å². The summed E-state index contributed by atoms with van der Waals surface area (Å²) in [5, 5.41) is 24.9. The molecule has 10 N–H and O–H groups in total. The van der Waals surface area contributed by atoms with Crippen molar-refractivity contribution >= 4 is 48.2 Å². The van der Waals surface area contributed by atoms with Crippen molar-refractivity contribution in [3.63, 3.8) is 0 Å². The Bertz CT molecular complexity index is 895. The van der Waals surface area contributed by atoms with Crippen molar-refractivity contribution < 1.29 is 39.0 Å². The summed E-state index contributed by atoms with van der Waals surface area (Å²) in [5.74, 6) is -6.73. The van der Waals surface area contributed by atoms with Gasteiger partial charge in [-0.15, -0.1) is 0 Å². The lowest BCUT2D eigenvalue weighted by Crippen LogP contribution is -2.58. The van der Waals surface area contributed by atoms with Crippen LogP contribution in [0.5, 0.6) is 0 Å². The summed E-state index contributed by atoms with van der Waals surface area (Å²) in [7, 11) is 0. The van der Waals surface area contributed by atoms with Crippen molar-refractivity contribution in [3.8, 4) is 0 Å². The van der Waals surface area contributed by atoms with Crippen molar-refractivity contribution in [3.05, 3.63) is 18.2 Å². The normalized spacial score (nSPS) is 14.2. The van der Waals surface area contributed by atoms with Gasteiger partial charge in [0.15, 0.2) is 0 Å². The number of hydrogen-bond acceptors (Lipinski definition) is 9. The quantitative estimate of drug-likeness (QED) is 0.107. The molecule has 0 aliphatic carbocycles. The molecule has 16 heteroatoms. The molecule has 15 nitrogen and oxygen atoms in total. The van der Waals surface area contributed by atoms with E-state index in [1.165, 1.54) is 12.5 Å². The molecule has 0 aliphatic heterocycles. The number of rotatable bonds is 15. The number of H-pyrrole nitrogens is 1. The van der Waals surface area contributed by atoms with Gasteiger partial charge in [-0.25, -0.2) is 9.78 Å². The van der Waals surface area contributed by atoms with E-state index in [1.807, 2.05) is 0 Å². The highest BCUT2D eigenvalue weighted by molar-refractivity contribution is 7.80. The second-order valence-electron chi connectivity index (χ2n) is 7.19. The molecule has 188 valence electrons. The number of amides is 4. The SMILES string of the molecule is NC(=O)CCC(NC(=O)C(CC(=O)O)NC(=O)C(CS)NC(=O)C(N)Cc1cnc[nH]1)C(=O)O. The molecule has 0 saturated carbocycles. The standard InChI is InChI=1S/C18H27N7O8S/c19-9(3-8-5-21-7-22-8)15(29)25-12(6-34)17(31)24-11(4-14(27)28)16(30)23-10(18(32)33)1-2-13(20)26/h5,7,9-12,34H,1-4,6,19H2,(H2,20,26)(H,21,22)(H,23,30)(H,24,31)(H,25,29)(H,27,28)(H,32,33). The highest BCUT2D eigenvalue weighted by Gasteiger charge is 2.31. The van der Waals surface area contributed by atoms with Crippen LogP contribution in [0.15, 0.2) is 12.5 Å². The van der Waals surface area contributed by atoms with Crippen LogP contribution in [0.25, 0.3) is 0 Å². The Kier molecular flexibility index (Phi) is 11.5. The van der Waals surface area contributed by atoms with E-state index in [4.69, 9.17) is 16.6 Å². The van der Waals surface area contributed by atoms with Crippen molar-refractivity contribution in [2.24, 2.45) is 11.5 Å². The number of carbonyl (C=O) groups is 6. The molecule has 0 fully saturated rings. The summed E-state index contributed by atoms with van der Waals surface area (Å²) >= 11 is 3.99. The topological polar surface area (TPSA) is 260 Å². The Morgan fingerprint density at radius 2 is 1.59 bits per heavy atom. The summed E-state index contributed by atoms with van der Waals surface area (Å²) in [6.45, 7) is 0. The van der Waals surface area contributed by atoms with Gasteiger partial charge in [0.2, 0.25) is 23.6 Å². The largest absolute Gasteiger partial charge is 0.481 e. The average molecular weight is 502 g/mol. The summed E-state index contributed by atoms with van der Waals surface area (Å²) in [4.78, 5) is 77.4. The number of imidazole rings is 1. The molecule has 0 spiro atoms. The first kappa shape index (κ1) is 28.4. The van der Waals surface area contributed by atoms with E-state index in [9.17, 15) is 33.9 Å². The minimum atomic E-state index is -1.68. The minimum absolute atomic E-state index is 0.0959. The average Bonchev–Trinajstić information content (AvgIpc) is 3.26. The van der Waals surface area contributed by atoms with Crippen LogP contribution in [0.3, 0.4) is 0 Å². The Balaban J connectivity index is 2.82. The fourth-order valence-corrected chi connectivity index (χ4v) is 2.93. The zero-order chi connectivity index (χ0) is 25.8. The fourth-order valence-electron chi connectivity index (χ4n) is 2.67. The van der Waals surface area contributed by atoms with Gasteiger partial charge < -0.3 is 42.6 Å². The van der Waals surface area contributed by atoms with Gasteiger partial charge in [0.1, 0.15) is 18.1 Å². The van der Waals surface area contributed by atoms with Crippen LogP contribution in [0.2, 0.25) is 0 Å². The first-order valence-electron chi connectivity index (χ1n) is 9.92. The van der Waals surface area contributed by atoms with E-state index in [1.54, 1.807) is 0 Å². The fraction of sp³-hybridized carbons (Fsp3) is 0.500. The van der Waals surface area contributed by atoms with Crippen molar-refractivity contribution in [1.29, 1.82) is 0 Å². The van der Waals surface area contributed by atoms with Crippen LogP contribution in [-0.4, -0.2) is 85.7 Å². The van der Waals surface area contributed by atoms with Gasteiger partial charge in [-0.3, -0.25) is 24.0 Å². The van der Waals surface area contributed by atoms with Crippen LogP contribution in [-0.2, 0) is 35.2 Å². The number of thiol groups is 1. The molecule has 4 amide bonds. The summed E-state index contributed by atoms with van der Waals surface area (Å²) in [5.41, 5.74) is 11.4. The molecule has 0 aromatic carbocycles. The van der Waals surface area contributed by atoms with Crippen LogP contribution in [0.4, 0.5) is 0 Å². The first-order valence-corrected chi connectivity index (χ1v) is 10.6. The van der Waals surface area contributed by atoms with E-state index in [2.05, 4.69) is 38.5 Å². The Morgan fingerprint density at radius 1 is 1.00 bits per heavy atom. The Morgan fingerprint density at radius 3 is 2.09 bits per heavy atom. The number of nitrogens with zero attached hydrogens (tertiary/aromatic N) is 1. The van der Waals surface area contributed by atoms with Gasteiger partial charge in [0.05, 0.1) is 18.8 Å². The monoisotopic (exact) mass is 501 g/mol. The first-order chi connectivity index (χ1) is 15.9. The van der Waals surface area contributed by atoms with Gasteiger partial charge >= 0.3 is 11.9 Å². The van der Waals surface area contributed by atoms with E-state index in [0.29, 0.717) is 5.69 Å². The second-order valence-corrected chi connectivity index (χ2v) is 7.56. The number of nitrogens with one attached hydrogen (secondary N) is 4. The molecule has 0 saturated heterocycles. The van der Waals surface area contributed by atoms with Crippen molar-refractivity contribution in [1.82, 2.24) is 25.9 Å². The van der Waals surface area contributed by atoms with Crippen LogP contribution >= 0.6 is 12.6 Å². The molecule has 1 aromatic rings. The van der Waals surface area contributed by atoms with E-state index >= 15 is 0 Å². The zero-order valence-electron chi connectivity index (χ0n) is 17.9. The summed E-state index contributed by atoms with van der Waals surface area (Å²) in [6, 6.07) is -5.55. The number of hydrogen-bond donors (Lipinski definition) is 9. The molecule has 4 atom stereocenters. The van der Waals surface area contributed by atoms with Crippen molar-refractivity contribution in [2.75, 3.05) is 5.75 Å². The summed E-state index contributed by atoms with van der Waals surface area (Å²) < 4.78 is 0. The van der Waals surface area contributed by atoms with Gasteiger partial charge in [-0.05, 0) is 6.42 Å². The molecule has 0 aliphatic rings. The predicted octanol–water partition coefficient (Wildman–Crippen LogP) is -3.51. The lowest BCUT2D eigenvalue weighted by atomic mass is 10.1. The maximum absolute atomic E-state index is 12.6. The van der Waals surface area contributed by atoms with E-state index in [-0.39, 0.29) is 25.0 Å². The maximum atomic E-state index is 12.6. The number of aromatic nitrogens is 2. The van der Waals surface area contributed by atoms with Gasteiger partial charge in [-0.1, -0.05) is 0 Å². The van der Waals surface area contributed by atoms with E-state index in [0.717, 1.165) is 0 Å². The Labute approximate surface area is 198 Å². The zero-order valence-corrected chi connectivity index (χ0v) is 18.8. The third kappa shape index (κ3) is 9.86. The number of carboxylic acid groups (broad SMARTS) is 2. The molecular weight excluding hydrogens is 474 g/mol. The number of aromatic amines is 1. The minimum Gasteiger partial charge on any atom is -0.481 e. The highest BCUT2D eigenvalue weighted by atomic mass is 32.1. The van der Waals surface area contributed by atoms with Crippen molar-refractivity contribution in [2.45, 2.75) is 49.9 Å². The lowest BCUT2D eigenvalue weighted by molar-refractivity contribution is -0.143. The second kappa shape index (κ2) is 13.8. The predicted molar refractivity (Wildman–Crippen MR) is 118 cm³/mol. The van der Waals surface area contributed by atoms with Crippen LogP contribution in [0, 0.1) is 0 Å².